The van der Waals surface area contributed by atoms with Crippen LogP contribution in [0.5, 0.6) is 0 Å². The lowest BCUT2D eigenvalue weighted by Crippen LogP contribution is -2.43. The van der Waals surface area contributed by atoms with Crippen LogP contribution in [0.1, 0.15) is 36.1 Å². The summed E-state index contributed by atoms with van der Waals surface area (Å²) in [6.07, 6.45) is 2.13. The normalized spacial score (nSPS) is 11.7. The minimum atomic E-state index is -1.42. The second-order valence-electron chi connectivity index (χ2n) is 5.88. The smallest absolute Gasteiger partial charge is 0.104 e. The van der Waals surface area contributed by atoms with E-state index in [0.29, 0.717) is 4.99 Å². The predicted molar refractivity (Wildman–Crippen MR) is 88.8 cm³/mol. The lowest BCUT2D eigenvalue weighted by Gasteiger charge is -2.26. The van der Waals surface area contributed by atoms with Crippen LogP contribution in [0.25, 0.3) is 0 Å². The number of nitrogens with two attached hydrogens (primary N) is 1. The zero-order valence-corrected chi connectivity index (χ0v) is 14.3. The lowest BCUT2D eigenvalue weighted by molar-refractivity contribution is 1.02. The molecule has 0 aromatic heterocycles. The van der Waals surface area contributed by atoms with E-state index in [1.54, 1.807) is 0 Å². The van der Waals surface area contributed by atoms with Gasteiger partial charge in [0.25, 0.3) is 0 Å². The quantitative estimate of drug-likeness (QED) is 0.676. The van der Waals surface area contributed by atoms with Crippen molar-refractivity contribution in [3.8, 4) is 0 Å². The van der Waals surface area contributed by atoms with Gasteiger partial charge in [-0.1, -0.05) is 51.8 Å². The number of rotatable bonds is 4. The molecule has 1 aromatic rings. The highest BCUT2D eigenvalue weighted by Gasteiger charge is 2.25. The maximum absolute atomic E-state index is 5.98. The molecule has 1 aromatic carbocycles. The molecule has 0 aliphatic heterocycles. The zero-order valence-electron chi connectivity index (χ0n) is 12.5. The fourth-order valence-electron chi connectivity index (χ4n) is 2.64. The molecular weight excluding hydrogens is 254 g/mol. The summed E-state index contributed by atoms with van der Waals surface area (Å²) in [6.45, 7) is 13.7. The van der Waals surface area contributed by atoms with Gasteiger partial charge in [0.2, 0.25) is 0 Å². The highest BCUT2D eigenvalue weighted by atomic mass is 32.1. The number of aryl methyl sites for hydroxylation is 1. The highest BCUT2D eigenvalue weighted by molar-refractivity contribution is 7.80. The summed E-state index contributed by atoms with van der Waals surface area (Å²) in [4.78, 5) is 0.558. The summed E-state index contributed by atoms with van der Waals surface area (Å²) < 4.78 is 0. The third-order valence-electron chi connectivity index (χ3n) is 3.59. The molecule has 0 aliphatic carbocycles. The van der Waals surface area contributed by atoms with Gasteiger partial charge in [0.15, 0.2) is 0 Å². The molecule has 1 nitrogen and oxygen atoms in total. The van der Waals surface area contributed by atoms with E-state index < -0.39 is 8.07 Å². The average Bonchev–Trinajstić information content (AvgIpc) is 2.25. The van der Waals surface area contributed by atoms with E-state index in [1.807, 2.05) is 0 Å². The van der Waals surface area contributed by atoms with Gasteiger partial charge in [-0.05, 0) is 41.6 Å². The molecule has 1 rings (SSSR count). The predicted octanol–water partition coefficient (Wildman–Crippen LogP) is 3.30. The number of hydrogen-bond acceptors (Lipinski definition) is 1. The van der Waals surface area contributed by atoms with Crippen LogP contribution in [0.4, 0.5) is 0 Å². The van der Waals surface area contributed by atoms with Crippen LogP contribution < -0.4 is 10.9 Å². The zero-order chi connectivity index (χ0) is 14.1. The van der Waals surface area contributed by atoms with Crippen LogP contribution >= 0.6 is 12.2 Å². The summed E-state index contributed by atoms with van der Waals surface area (Å²) in [5.41, 5.74) is 11.3. The Morgan fingerprint density at radius 3 is 2.11 bits per heavy atom. The van der Waals surface area contributed by atoms with Gasteiger partial charge < -0.3 is 5.73 Å². The van der Waals surface area contributed by atoms with Gasteiger partial charge in [0.05, 0.1) is 8.07 Å². The summed E-state index contributed by atoms with van der Waals surface area (Å²) in [5, 5.41) is 1.42. The highest BCUT2D eigenvalue weighted by Crippen LogP contribution is 2.21. The molecule has 3 heteroatoms. The molecule has 18 heavy (non-hydrogen) atoms. The van der Waals surface area contributed by atoms with E-state index in [-0.39, 0.29) is 0 Å². The van der Waals surface area contributed by atoms with Crippen LogP contribution in [0, 0.1) is 6.92 Å². The summed E-state index contributed by atoms with van der Waals surface area (Å²) in [5.74, 6) is 0. The van der Waals surface area contributed by atoms with Gasteiger partial charge in [-0.25, -0.2) is 0 Å². The average molecular weight is 280 g/mol. The summed E-state index contributed by atoms with van der Waals surface area (Å²) in [6, 6.07) is 2.37. The molecule has 0 saturated heterocycles. The first kappa shape index (κ1) is 15.4. The van der Waals surface area contributed by atoms with Crippen molar-refractivity contribution in [2.45, 2.75) is 53.3 Å². The van der Waals surface area contributed by atoms with E-state index in [0.717, 1.165) is 18.4 Å². The molecular formula is C15H25NSSi. The van der Waals surface area contributed by atoms with Gasteiger partial charge >= 0.3 is 0 Å². The maximum Gasteiger partial charge on any atom is 0.104 e. The first-order valence-electron chi connectivity index (χ1n) is 6.69. The molecule has 0 bridgehead atoms. The van der Waals surface area contributed by atoms with E-state index in [2.05, 4.69) is 46.5 Å². The second kappa shape index (κ2) is 5.53. The minimum Gasteiger partial charge on any atom is -0.389 e. The molecule has 0 aliphatic rings. The van der Waals surface area contributed by atoms with Crippen molar-refractivity contribution in [3.05, 3.63) is 28.3 Å². The van der Waals surface area contributed by atoms with E-state index >= 15 is 0 Å². The molecule has 0 spiro atoms. The molecule has 0 fully saturated rings. The largest absolute Gasteiger partial charge is 0.389 e. The molecule has 0 amide bonds. The third kappa shape index (κ3) is 2.83. The Balaban J connectivity index is 3.71. The van der Waals surface area contributed by atoms with Gasteiger partial charge in [-0.15, -0.1) is 0 Å². The Hall–Kier alpha value is -0.673. The number of thiocarbonyl (C=S) groups is 1. The molecule has 100 valence electrons. The molecule has 0 radical (unpaired) electrons. The van der Waals surface area contributed by atoms with Crippen LogP contribution in [-0.2, 0) is 12.8 Å². The van der Waals surface area contributed by atoms with Crippen molar-refractivity contribution < 1.29 is 0 Å². The van der Waals surface area contributed by atoms with E-state index in [4.69, 9.17) is 18.0 Å². The Bertz CT molecular complexity index is 472. The van der Waals surface area contributed by atoms with Crippen molar-refractivity contribution in [1.29, 1.82) is 0 Å². The molecule has 0 heterocycles. The van der Waals surface area contributed by atoms with Crippen LogP contribution in [-0.4, -0.2) is 13.1 Å². The molecule has 2 N–H and O–H groups in total. The Labute approximate surface area is 118 Å². The Kier molecular flexibility index (Phi) is 4.73. The van der Waals surface area contributed by atoms with Gasteiger partial charge in [-0.3, -0.25) is 0 Å². The summed E-state index contributed by atoms with van der Waals surface area (Å²) >= 11 is 5.29. The van der Waals surface area contributed by atoms with Crippen LogP contribution in [0.15, 0.2) is 6.07 Å². The minimum absolute atomic E-state index is 0.558. The molecule has 0 unspecified atom stereocenters. The molecule has 0 saturated carbocycles. The van der Waals surface area contributed by atoms with Crippen molar-refractivity contribution in [1.82, 2.24) is 0 Å². The van der Waals surface area contributed by atoms with Gasteiger partial charge in [0.1, 0.15) is 4.99 Å². The van der Waals surface area contributed by atoms with Crippen molar-refractivity contribution in [2.24, 2.45) is 5.73 Å². The first-order valence-corrected chi connectivity index (χ1v) is 10.6. The monoisotopic (exact) mass is 279 g/mol. The van der Waals surface area contributed by atoms with Gasteiger partial charge in [-0.2, -0.15) is 0 Å². The second-order valence-corrected chi connectivity index (χ2v) is 11.4. The van der Waals surface area contributed by atoms with Gasteiger partial charge in [0, 0.05) is 5.56 Å². The topological polar surface area (TPSA) is 26.0 Å². The number of hydrogen-bond donors (Lipinski definition) is 1. The fraction of sp³-hybridized carbons (Fsp3) is 0.533. The summed E-state index contributed by atoms with van der Waals surface area (Å²) in [7, 11) is -1.42. The fourth-order valence-corrected chi connectivity index (χ4v) is 4.68. The van der Waals surface area contributed by atoms with E-state index in [1.165, 1.54) is 21.9 Å². The van der Waals surface area contributed by atoms with Crippen molar-refractivity contribution >= 4 is 30.5 Å². The van der Waals surface area contributed by atoms with Crippen molar-refractivity contribution in [3.63, 3.8) is 0 Å². The Morgan fingerprint density at radius 2 is 1.78 bits per heavy atom. The Morgan fingerprint density at radius 1 is 1.22 bits per heavy atom. The lowest BCUT2D eigenvalue weighted by atomic mass is 9.93. The molecule has 0 atom stereocenters. The third-order valence-corrected chi connectivity index (χ3v) is 5.81. The standard InChI is InChI=1S/C15H25NSSi/c1-7-11-9-13(18(4,5)6)14(15(16)17)10(3)12(11)8-2/h9H,7-8H2,1-6H3,(H2,16,17). The number of benzene rings is 1. The first-order chi connectivity index (χ1) is 8.23. The van der Waals surface area contributed by atoms with Crippen LogP contribution in [0.2, 0.25) is 19.6 Å². The SMILES string of the molecule is CCc1cc([Si](C)(C)C)c(C(N)=S)c(C)c1CC. The van der Waals surface area contributed by atoms with E-state index in [9.17, 15) is 0 Å². The van der Waals surface area contributed by atoms with Crippen molar-refractivity contribution in [2.75, 3.05) is 0 Å². The maximum atomic E-state index is 5.98. The van der Waals surface area contributed by atoms with Crippen LogP contribution in [0.3, 0.4) is 0 Å².